The van der Waals surface area contributed by atoms with Crippen molar-refractivity contribution in [1.29, 1.82) is 0 Å². The number of para-hydroxylation sites is 1. The highest BCUT2D eigenvalue weighted by atomic mass is 32.1. The number of carbonyl (C=O) groups is 1. The number of benzene rings is 2. The molecule has 2 heterocycles. The number of fused-ring (bicyclic) bond motifs is 1. The lowest BCUT2D eigenvalue weighted by Gasteiger charge is -2.42. The minimum Gasteiger partial charge on any atom is -0.490 e. The molecule has 0 unspecified atom stereocenters. The van der Waals surface area contributed by atoms with Crippen LogP contribution in [0.25, 0.3) is 11.3 Å². The van der Waals surface area contributed by atoms with E-state index in [1.807, 2.05) is 0 Å². The average Bonchev–Trinajstić information content (AvgIpc) is 3.41. The molecule has 0 bridgehead atoms. The topological polar surface area (TPSA) is 85.6 Å². The summed E-state index contributed by atoms with van der Waals surface area (Å²) in [5.41, 5.74) is 5.18. The van der Waals surface area contributed by atoms with Crippen molar-refractivity contribution in [3.8, 4) is 17.0 Å². The molecule has 3 aromatic rings. The number of nitro benzene ring substituents is 1. The largest absolute Gasteiger partial charge is 0.490 e. The van der Waals surface area contributed by atoms with Crippen LogP contribution in [0.2, 0.25) is 0 Å². The molecule has 200 valence electrons. The minimum atomic E-state index is -0.543. The quantitative estimate of drug-likeness (QED) is 0.258. The van der Waals surface area contributed by atoms with Crippen molar-refractivity contribution in [2.24, 2.45) is 0 Å². The molecule has 2 aromatic carbocycles. The number of piperidine rings is 1. The Hall–Kier alpha value is -3.26. The van der Waals surface area contributed by atoms with Gasteiger partial charge in [-0.1, -0.05) is 45.9 Å². The fraction of sp³-hybridized carbons (Fsp3) is 0.467. The average molecular weight is 534 g/mol. The molecule has 5 rings (SSSR count). The van der Waals surface area contributed by atoms with Crippen LogP contribution in [0.3, 0.4) is 0 Å². The van der Waals surface area contributed by atoms with Gasteiger partial charge in [-0.3, -0.25) is 14.9 Å². The van der Waals surface area contributed by atoms with Crippen LogP contribution in [-0.2, 0) is 10.8 Å². The summed E-state index contributed by atoms with van der Waals surface area (Å²) in [6.07, 6.45) is 3.93. The summed E-state index contributed by atoms with van der Waals surface area (Å²) in [6.45, 7) is 10.4. The summed E-state index contributed by atoms with van der Waals surface area (Å²) in [5.74, 6) is 0.0414. The van der Waals surface area contributed by atoms with Crippen molar-refractivity contribution in [3.63, 3.8) is 0 Å². The zero-order chi connectivity index (χ0) is 27.2. The van der Waals surface area contributed by atoms with Crippen LogP contribution in [0, 0.1) is 10.1 Å². The maximum atomic E-state index is 13.2. The molecule has 8 heteroatoms. The molecule has 0 radical (unpaired) electrons. The van der Waals surface area contributed by atoms with Gasteiger partial charge < -0.3 is 9.64 Å². The molecule has 1 aromatic heterocycles. The van der Waals surface area contributed by atoms with Gasteiger partial charge in [0.15, 0.2) is 5.75 Å². The Morgan fingerprint density at radius 3 is 2.42 bits per heavy atom. The number of hydrogen-bond donors (Lipinski definition) is 0. The Morgan fingerprint density at radius 1 is 1.08 bits per heavy atom. The molecule has 2 aliphatic rings. The molecule has 1 aliphatic heterocycles. The second kappa shape index (κ2) is 9.80. The van der Waals surface area contributed by atoms with E-state index in [1.54, 1.807) is 22.3 Å². The Kier molecular flexibility index (Phi) is 6.80. The van der Waals surface area contributed by atoms with E-state index in [0.29, 0.717) is 13.1 Å². The minimum absolute atomic E-state index is 0.0721. The third kappa shape index (κ3) is 4.70. The Morgan fingerprint density at radius 2 is 1.76 bits per heavy atom. The maximum Gasteiger partial charge on any atom is 0.323 e. The number of nitro groups is 1. The van der Waals surface area contributed by atoms with Gasteiger partial charge in [0.25, 0.3) is 5.91 Å². The van der Waals surface area contributed by atoms with Crippen molar-refractivity contribution in [2.75, 3.05) is 20.2 Å². The van der Waals surface area contributed by atoms with Gasteiger partial charge in [-0.05, 0) is 65.8 Å². The van der Waals surface area contributed by atoms with Crippen LogP contribution in [0.4, 0.5) is 5.69 Å². The van der Waals surface area contributed by atoms with Crippen LogP contribution in [0.5, 0.6) is 5.75 Å². The number of aromatic nitrogens is 1. The molecule has 1 amide bonds. The smallest absolute Gasteiger partial charge is 0.323 e. The third-order valence-electron chi connectivity index (χ3n) is 8.43. The van der Waals surface area contributed by atoms with E-state index in [2.05, 4.69) is 51.3 Å². The molecular formula is C30H35N3O4S. The molecule has 38 heavy (non-hydrogen) atoms. The summed E-state index contributed by atoms with van der Waals surface area (Å²) in [6, 6.07) is 11.5. The molecule has 0 N–H and O–H groups in total. The maximum absolute atomic E-state index is 13.2. The van der Waals surface area contributed by atoms with Gasteiger partial charge in [0.2, 0.25) is 0 Å². The van der Waals surface area contributed by atoms with Crippen LogP contribution in [-0.4, -0.2) is 40.9 Å². The lowest BCUT2D eigenvalue weighted by atomic mass is 9.63. The van der Waals surface area contributed by atoms with Crippen molar-refractivity contribution < 1.29 is 14.5 Å². The molecule has 0 atom stereocenters. The lowest BCUT2D eigenvalue weighted by Crippen LogP contribution is -2.38. The zero-order valence-corrected chi connectivity index (χ0v) is 23.6. The second-order valence-electron chi connectivity index (χ2n) is 11.8. The van der Waals surface area contributed by atoms with E-state index in [0.717, 1.165) is 29.1 Å². The molecule has 0 spiro atoms. The summed E-state index contributed by atoms with van der Waals surface area (Å²) in [4.78, 5) is 31.0. The number of carbonyl (C=O) groups excluding carboxylic acids is 1. The Bertz CT molecular complexity index is 1390. The number of ether oxygens (including phenoxy) is 1. The van der Waals surface area contributed by atoms with Crippen LogP contribution in [0.1, 0.15) is 85.8 Å². The lowest BCUT2D eigenvalue weighted by molar-refractivity contribution is -0.386. The highest BCUT2D eigenvalue weighted by Gasteiger charge is 2.37. The predicted octanol–water partition coefficient (Wildman–Crippen LogP) is 7.10. The van der Waals surface area contributed by atoms with Gasteiger partial charge in [-0.15, -0.1) is 11.3 Å². The zero-order valence-electron chi connectivity index (χ0n) is 22.7. The van der Waals surface area contributed by atoms with Crippen molar-refractivity contribution >= 4 is 22.9 Å². The first kappa shape index (κ1) is 26.4. The second-order valence-corrected chi connectivity index (χ2v) is 12.7. The summed E-state index contributed by atoms with van der Waals surface area (Å²) < 4.78 is 5.13. The number of amides is 1. The fourth-order valence-electron chi connectivity index (χ4n) is 5.90. The highest BCUT2D eigenvalue weighted by Crippen LogP contribution is 2.47. The van der Waals surface area contributed by atoms with Crippen molar-refractivity contribution in [3.05, 3.63) is 73.6 Å². The van der Waals surface area contributed by atoms with Gasteiger partial charge in [0.05, 0.1) is 22.7 Å². The first-order chi connectivity index (χ1) is 18.0. The highest BCUT2D eigenvalue weighted by molar-refractivity contribution is 7.10. The first-order valence-electron chi connectivity index (χ1n) is 13.2. The number of likely N-dealkylation sites (tertiary alicyclic amines) is 1. The van der Waals surface area contributed by atoms with E-state index in [1.165, 1.54) is 43.2 Å². The van der Waals surface area contributed by atoms with E-state index in [9.17, 15) is 14.9 Å². The van der Waals surface area contributed by atoms with Crippen molar-refractivity contribution in [1.82, 2.24) is 9.88 Å². The number of nitrogens with zero attached hydrogens (tertiary/aromatic N) is 3. The van der Waals surface area contributed by atoms with Gasteiger partial charge in [-0.2, -0.15) is 0 Å². The van der Waals surface area contributed by atoms with Crippen LogP contribution in [0.15, 0.2) is 41.8 Å². The normalized spacial score (nSPS) is 18.6. The van der Waals surface area contributed by atoms with Gasteiger partial charge in [-0.25, -0.2) is 4.98 Å². The number of hydrogen-bond acceptors (Lipinski definition) is 6. The third-order valence-corrected chi connectivity index (χ3v) is 9.44. The SMILES string of the molecule is COc1cccc(C(=O)N2CCC(c3nc(-c4ccc5c(c4)C(C)(C)CCC5(C)C)cs3)CC2)c1[N+](=O)[O-]. The Labute approximate surface area is 228 Å². The molecule has 7 nitrogen and oxygen atoms in total. The monoisotopic (exact) mass is 533 g/mol. The summed E-state index contributed by atoms with van der Waals surface area (Å²) in [5, 5.41) is 14.9. The fourth-order valence-corrected chi connectivity index (χ4v) is 6.90. The Balaban J connectivity index is 1.31. The first-order valence-corrected chi connectivity index (χ1v) is 14.1. The molecule has 1 aliphatic carbocycles. The summed E-state index contributed by atoms with van der Waals surface area (Å²) >= 11 is 1.68. The van der Waals surface area contributed by atoms with Gasteiger partial charge in [0, 0.05) is 30.0 Å². The van der Waals surface area contributed by atoms with Crippen LogP contribution >= 0.6 is 11.3 Å². The molecule has 0 saturated carbocycles. The van der Waals surface area contributed by atoms with Crippen molar-refractivity contribution in [2.45, 2.75) is 70.1 Å². The number of thiazole rings is 1. The van der Waals surface area contributed by atoms with E-state index < -0.39 is 4.92 Å². The molecular weight excluding hydrogens is 498 g/mol. The molecule has 1 saturated heterocycles. The van der Waals surface area contributed by atoms with E-state index in [-0.39, 0.29) is 39.7 Å². The predicted molar refractivity (Wildman–Crippen MR) is 150 cm³/mol. The summed E-state index contributed by atoms with van der Waals surface area (Å²) in [7, 11) is 1.37. The standard InChI is InChI=1S/C30H35N3O4S/c1-29(2)13-14-30(3,4)23-17-20(9-10-22(23)29)24-18-38-27(31-24)19-11-15-32(16-12-19)28(34)21-7-6-8-25(37-5)26(21)33(35)36/h6-10,17-19H,11-16H2,1-5H3. The number of methoxy groups -OCH3 is 1. The van der Waals surface area contributed by atoms with E-state index in [4.69, 9.17) is 9.72 Å². The molecule has 1 fully saturated rings. The van der Waals surface area contributed by atoms with Gasteiger partial charge in [0.1, 0.15) is 5.56 Å². The van der Waals surface area contributed by atoms with Crippen LogP contribution < -0.4 is 4.74 Å². The van der Waals surface area contributed by atoms with E-state index >= 15 is 0 Å². The van der Waals surface area contributed by atoms with Gasteiger partial charge >= 0.3 is 5.69 Å². The number of rotatable bonds is 5.